The van der Waals surface area contributed by atoms with Crippen molar-refractivity contribution < 1.29 is 4.79 Å². The summed E-state index contributed by atoms with van der Waals surface area (Å²) in [6.45, 7) is 8.55. The van der Waals surface area contributed by atoms with Gasteiger partial charge >= 0.3 is 0 Å². The van der Waals surface area contributed by atoms with Gasteiger partial charge in [-0.15, -0.1) is 0 Å². The number of carbonyl (C=O) groups is 1. The minimum Gasteiger partial charge on any atom is -0.340 e. The molecule has 1 amide bonds. The first-order chi connectivity index (χ1) is 7.22. The van der Waals surface area contributed by atoms with Crippen LogP contribution in [0.5, 0.6) is 0 Å². The molecule has 2 unspecified atom stereocenters. The molecule has 0 aromatic rings. The second-order valence-electron chi connectivity index (χ2n) is 4.92. The van der Waals surface area contributed by atoms with Crippen LogP contribution in [0.2, 0.25) is 0 Å². The highest BCUT2D eigenvalue weighted by Crippen LogP contribution is 2.31. The van der Waals surface area contributed by atoms with Gasteiger partial charge in [-0.2, -0.15) is 0 Å². The minimum atomic E-state index is 0.270. The van der Waals surface area contributed by atoms with Gasteiger partial charge in [-0.3, -0.25) is 4.79 Å². The highest BCUT2D eigenvalue weighted by Gasteiger charge is 2.38. The average Bonchev–Trinajstić information content (AvgIpc) is 2.61. The lowest BCUT2D eigenvalue weighted by Crippen LogP contribution is -2.47. The largest absolute Gasteiger partial charge is 0.340 e. The van der Waals surface area contributed by atoms with E-state index in [4.69, 9.17) is 0 Å². The van der Waals surface area contributed by atoms with Crippen LogP contribution in [0.15, 0.2) is 0 Å². The molecule has 0 spiro atoms. The van der Waals surface area contributed by atoms with Crippen molar-refractivity contribution in [2.75, 3.05) is 26.2 Å². The van der Waals surface area contributed by atoms with E-state index in [0.717, 1.165) is 12.5 Å². The lowest BCUT2D eigenvalue weighted by atomic mass is 9.93. The zero-order valence-corrected chi connectivity index (χ0v) is 9.91. The van der Waals surface area contributed by atoms with E-state index in [0.29, 0.717) is 6.04 Å². The van der Waals surface area contributed by atoms with Crippen molar-refractivity contribution in [3.63, 3.8) is 0 Å². The van der Waals surface area contributed by atoms with Crippen molar-refractivity contribution >= 4 is 5.91 Å². The predicted octanol–water partition coefficient (Wildman–Crippen LogP) is 1.34. The van der Waals surface area contributed by atoms with Gasteiger partial charge in [0.25, 0.3) is 0 Å². The molecule has 15 heavy (non-hydrogen) atoms. The number of hydrogen-bond acceptors (Lipinski definition) is 2. The Balaban J connectivity index is 1.93. The Kier molecular flexibility index (Phi) is 3.29. The number of carbonyl (C=O) groups excluding carboxylic acids is 1. The zero-order valence-electron chi connectivity index (χ0n) is 9.91. The van der Waals surface area contributed by atoms with Gasteiger partial charge < -0.3 is 9.80 Å². The maximum absolute atomic E-state index is 11.4. The van der Waals surface area contributed by atoms with Crippen LogP contribution in [-0.2, 0) is 4.79 Å². The van der Waals surface area contributed by atoms with Crippen molar-refractivity contribution in [3.8, 4) is 0 Å². The van der Waals surface area contributed by atoms with Gasteiger partial charge in [0, 0.05) is 32.6 Å². The highest BCUT2D eigenvalue weighted by atomic mass is 16.2. The first kappa shape index (κ1) is 10.9. The van der Waals surface area contributed by atoms with Crippen molar-refractivity contribution in [1.82, 2.24) is 9.80 Å². The molecule has 0 radical (unpaired) electrons. The van der Waals surface area contributed by atoms with Crippen molar-refractivity contribution in [2.45, 2.75) is 39.2 Å². The van der Waals surface area contributed by atoms with Crippen LogP contribution >= 0.6 is 0 Å². The molecule has 3 nitrogen and oxygen atoms in total. The average molecular weight is 210 g/mol. The molecule has 0 saturated carbocycles. The van der Waals surface area contributed by atoms with E-state index in [9.17, 15) is 4.79 Å². The lowest BCUT2D eigenvalue weighted by Gasteiger charge is -2.37. The van der Waals surface area contributed by atoms with E-state index in [2.05, 4.69) is 16.7 Å². The summed E-state index contributed by atoms with van der Waals surface area (Å²) in [6, 6.07) is 0.551. The molecular weight excluding hydrogens is 188 g/mol. The Morgan fingerprint density at radius 1 is 1.33 bits per heavy atom. The summed E-state index contributed by atoms with van der Waals surface area (Å²) in [6.07, 6.45) is 3.64. The van der Waals surface area contributed by atoms with E-state index in [1.807, 2.05) is 0 Å². The fraction of sp³-hybridized carbons (Fsp3) is 0.917. The Labute approximate surface area is 92.4 Å². The van der Waals surface area contributed by atoms with Crippen LogP contribution in [0.4, 0.5) is 0 Å². The van der Waals surface area contributed by atoms with Gasteiger partial charge in [-0.1, -0.05) is 6.92 Å². The van der Waals surface area contributed by atoms with Crippen LogP contribution in [0.25, 0.3) is 0 Å². The highest BCUT2D eigenvalue weighted by molar-refractivity contribution is 5.74. The van der Waals surface area contributed by atoms with Crippen molar-refractivity contribution in [1.29, 1.82) is 0 Å². The maximum atomic E-state index is 11.4. The van der Waals surface area contributed by atoms with Gasteiger partial charge in [-0.25, -0.2) is 0 Å². The monoisotopic (exact) mass is 210 g/mol. The first-order valence-electron chi connectivity index (χ1n) is 6.22. The fourth-order valence-corrected chi connectivity index (χ4v) is 3.17. The zero-order chi connectivity index (χ0) is 10.8. The Hall–Kier alpha value is -0.570. The molecule has 0 aromatic carbocycles. The molecule has 2 aliphatic heterocycles. The third kappa shape index (κ3) is 2.17. The van der Waals surface area contributed by atoms with Gasteiger partial charge in [0.05, 0.1) is 0 Å². The molecule has 2 aliphatic rings. The van der Waals surface area contributed by atoms with Gasteiger partial charge in [0.2, 0.25) is 5.91 Å². The van der Waals surface area contributed by atoms with Crippen LogP contribution in [0.1, 0.15) is 33.1 Å². The third-order valence-electron chi connectivity index (χ3n) is 3.86. The molecule has 2 fully saturated rings. The Morgan fingerprint density at radius 3 is 2.80 bits per heavy atom. The number of rotatable bonds is 2. The first-order valence-corrected chi connectivity index (χ1v) is 6.22. The van der Waals surface area contributed by atoms with Gasteiger partial charge in [0.1, 0.15) is 0 Å². The van der Waals surface area contributed by atoms with Gasteiger partial charge in [0.15, 0.2) is 0 Å². The normalized spacial score (nSPS) is 31.7. The van der Waals surface area contributed by atoms with E-state index in [1.165, 1.54) is 38.9 Å². The Bertz CT molecular complexity index is 242. The third-order valence-corrected chi connectivity index (χ3v) is 3.86. The molecule has 2 heterocycles. The molecule has 86 valence electrons. The number of likely N-dealkylation sites (tertiary alicyclic amines) is 2. The van der Waals surface area contributed by atoms with E-state index >= 15 is 0 Å². The summed E-state index contributed by atoms with van der Waals surface area (Å²) in [5.74, 6) is 1.01. The quantitative estimate of drug-likeness (QED) is 0.686. The molecule has 3 heteroatoms. The van der Waals surface area contributed by atoms with Crippen molar-refractivity contribution in [3.05, 3.63) is 0 Å². The minimum absolute atomic E-state index is 0.270. The summed E-state index contributed by atoms with van der Waals surface area (Å²) in [5.41, 5.74) is 0. The molecule has 0 N–H and O–H groups in total. The smallest absolute Gasteiger partial charge is 0.219 e. The van der Waals surface area contributed by atoms with Crippen LogP contribution < -0.4 is 0 Å². The molecular formula is C12H22N2O. The predicted molar refractivity (Wildman–Crippen MR) is 60.6 cm³/mol. The Morgan fingerprint density at radius 2 is 2.13 bits per heavy atom. The molecule has 0 aromatic heterocycles. The summed E-state index contributed by atoms with van der Waals surface area (Å²) in [7, 11) is 0. The topological polar surface area (TPSA) is 23.6 Å². The number of fused-ring (bicyclic) bond motifs is 1. The summed E-state index contributed by atoms with van der Waals surface area (Å²) < 4.78 is 0. The van der Waals surface area contributed by atoms with Crippen molar-refractivity contribution in [2.24, 2.45) is 5.92 Å². The fourth-order valence-electron chi connectivity index (χ4n) is 3.17. The number of nitrogens with zero attached hydrogens (tertiary/aromatic N) is 2. The standard InChI is InChI=1S/C12H22N2O/c1-3-6-13-7-5-12-11(9-13)4-8-14(12)10(2)15/h11-12H,3-9H2,1-2H3. The lowest BCUT2D eigenvalue weighted by molar-refractivity contribution is -0.130. The van der Waals surface area contributed by atoms with Gasteiger partial charge in [-0.05, 0) is 31.7 Å². The number of amides is 1. The van der Waals surface area contributed by atoms with E-state index < -0.39 is 0 Å². The summed E-state index contributed by atoms with van der Waals surface area (Å²) >= 11 is 0. The second kappa shape index (κ2) is 4.52. The molecule has 0 bridgehead atoms. The molecule has 2 rings (SSSR count). The SMILES string of the molecule is CCCN1CCC2C(CCN2C(C)=O)C1. The van der Waals surface area contributed by atoms with Crippen LogP contribution in [0.3, 0.4) is 0 Å². The molecule has 2 saturated heterocycles. The molecule has 0 aliphatic carbocycles. The molecule has 2 atom stereocenters. The maximum Gasteiger partial charge on any atom is 0.219 e. The van der Waals surface area contributed by atoms with E-state index in [-0.39, 0.29) is 5.91 Å². The summed E-state index contributed by atoms with van der Waals surface area (Å²) in [5, 5.41) is 0. The summed E-state index contributed by atoms with van der Waals surface area (Å²) in [4.78, 5) is 16.1. The van der Waals surface area contributed by atoms with Crippen LogP contribution in [-0.4, -0.2) is 47.9 Å². The van der Waals surface area contributed by atoms with Crippen LogP contribution in [0, 0.1) is 5.92 Å². The number of piperidine rings is 1. The number of hydrogen-bond donors (Lipinski definition) is 0. The van der Waals surface area contributed by atoms with E-state index in [1.54, 1.807) is 6.92 Å². The second-order valence-corrected chi connectivity index (χ2v) is 4.92.